The molecule has 1 unspecified atom stereocenters. The molecule has 0 radical (unpaired) electrons. The molecule has 2 fully saturated rings. The Hall–Kier alpha value is -0.820. The monoisotopic (exact) mass is 276 g/mol. The molecule has 1 amide bonds. The van der Waals surface area contributed by atoms with Crippen molar-refractivity contribution in [3.8, 4) is 0 Å². The minimum absolute atomic E-state index is 0.0227. The van der Waals surface area contributed by atoms with Gasteiger partial charge in [0.25, 0.3) is 0 Å². The Bertz CT molecular complexity index is 405. The second-order valence-corrected chi connectivity index (χ2v) is 6.77. The molecule has 0 aromatic heterocycles. The van der Waals surface area contributed by atoms with Gasteiger partial charge >= 0.3 is 6.09 Å². The largest absolute Gasteiger partial charge is 0.446 e. The molecular formula is C11H20N2O4S. The molecular weight excluding hydrogens is 256 g/mol. The van der Waals surface area contributed by atoms with Crippen LogP contribution < -0.4 is 5.14 Å². The van der Waals surface area contributed by atoms with Gasteiger partial charge in [0, 0.05) is 6.54 Å². The van der Waals surface area contributed by atoms with Crippen LogP contribution in [0.15, 0.2) is 0 Å². The second-order valence-electron chi connectivity index (χ2n) is 5.11. The van der Waals surface area contributed by atoms with Crippen LogP contribution in [0.25, 0.3) is 0 Å². The number of nitrogens with two attached hydrogens (primary N) is 1. The van der Waals surface area contributed by atoms with Crippen LogP contribution >= 0.6 is 0 Å². The van der Waals surface area contributed by atoms with E-state index >= 15 is 0 Å². The van der Waals surface area contributed by atoms with E-state index in [4.69, 9.17) is 9.88 Å². The van der Waals surface area contributed by atoms with Crippen molar-refractivity contribution < 1.29 is 17.9 Å². The van der Waals surface area contributed by atoms with Crippen LogP contribution in [0.2, 0.25) is 0 Å². The number of primary sulfonamides is 1. The Kier molecular flexibility index (Phi) is 4.11. The highest BCUT2D eigenvalue weighted by atomic mass is 32.2. The van der Waals surface area contributed by atoms with E-state index in [0.717, 1.165) is 32.1 Å². The summed E-state index contributed by atoms with van der Waals surface area (Å²) in [6.45, 7) is 0.561. The summed E-state index contributed by atoms with van der Waals surface area (Å²) < 4.78 is 27.6. The van der Waals surface area contributed by atoms with Gasteiger partial charge in [-0.25, -0.2) is 18.4 Å². The zero-order chi connectivity index (χ0) is 13.2. The van der Waals surface area contributed by atoms with E-state index in [-0.39, 0.29) is 24.0 Å². The summed E-state index contributed by atoms with van der Waals surface area (Å²) in [6.07, 6.45) is 5.06. The van der Waals surface area contributed by atoms with Crippen molar-refractivity contribution in [1.29, 1.82) is 0 Å². The third kappa shape index (κ3) is 3.58. The summed E-state index contributed by atoms with van der Waals surface area (Å²) in [6, 6.07) is -0.332. The number of hydrogen-bond acceptors (Lipinski definition) is 4. The van der Waals surface area contributed by atoms with E-state index in [9.17, 15) is 13.2 Å². The van der Waals surface area contributed by atoms with Crippen LogP contribution in [-0.4, -0.2) is 43.9 Å². The highest BCUT2D eigenvalue weighted by molar-refractivity contribution is 7.89. The van der Waals surface area contributed by atoms with Crippen molar-refractivity contribution in [2.24, 2.45) is 5.14 Å². The number of piperidine rings is 1. The molecule has 0 aromatic rings. The fourth-order valence-corrected chi connectivity index (χ4v) is 3.26. The molecule has 18 heavy (non-hydrogen) atoms. The van der Waals surface area contributed by atoms with Gasteiger partial charge in [-0.3, -0.25) is 0 Å². The molecule has 1 heterocycles. The number of carbonyl (C=O) groups excluding carboxylic acids is 1. The van der Waals surface area contributed by atoms with E-state index in [1.807, 2.05) is 0 Å². The van der Waals surface area contributed by atoms with Crippen molar-refractivity contribution in [3.05, 3.63) is 0 Å². The predicted octanol–water partition coefficient (Wildman–Crippen LogP) is 0.819. The second kappa shape index (κ2) is 5.44. The van der Waals surface area contributed by atoms with Gasteiger partial charge in [-0.05, 0) is 38.5 Å². The average Bonchev–Trinajstić information content (AvgIpc) is 2.21. The Morgan fingerprint density at radius 2 is 1.94 bits per heavy atom. The number of carbonyl (C=O) groups is 1. The van der Waals surface area contributed by atoms with Gasteiger partial charge in [-0.1, -0.05) is 0 Å². The van der Waals surface area contributed by atoms with Crippen molar-refractivity contribution in [2.75, 3.05) is 12.3 Å². The lowest BCUT2D eigenvalue weighted by Gasteiger charge is -2.36. The number of hydrogen-bond donors (Lipinski definition) is 1. The first-order valence-electron chi connectivity index (χ1n) is 6.43. The van der Waals surface area contributed by atoms with E-state index in [1.165, 1.54) is 4.90 Å². The number of ether oxygens (including phenoxy) is 1. The van der Waals surface area contributed by atoms with Crippen LogP contribution in [0, 0.1) is 0 Å². The van der Waals surface area contributed by atoms with Gasteiger partial charge in [0.15, 0.2) is 0 Å². The minimum Gasteiger partial charge on any atom is -0.446 e. The molecule has 7 heteroatoms. The highest BCUT2D eigenvalue weighted by Gasteiger charge is 2.32. The number of rotatable bonds is 3. The Morgan fingerprint density at radius 1 is 1.22 bits per heavy atom. The first-order chi connectivity index (χ1) is 8.46. The summed E-state index contributed by atoms with van der Waals surface area (Å²) in [5.41, 5.74) is 0. The van der Waals surface area contributed by atoms with Crippen molar-refractivity contribution >= 4 is 16.1 Å². The van der Waals surface area contributed by atoms with Gasteiger partial charge in [0.2, 0.25) is 10.0 Å². The van der Waals surface area contributed by atoms with Gasteiger partial charge in [0.1, 0.15) is 6.10 Å². The third-order valence-electron chi connectivity index (χ3n) is 3.61. The lowest BCUT2D eigenvalue weighted by Crippen LogP contribution is -2.49. The molecule has 104 valence electrons. The molecule has 0 aromatic carbocycles. The molecule has 1 saturated heterocycles. The lowest BCUT2D eigenvalue weighted by molar-refractivity contribution is 0.0148. The summed E-state index contributed by atoms with van der Waals surface area (Å²) >= 11 is 0. The fourth-order valence-electron chi connectivity index (χ4n) is 2.38. The maximum atomic E-state index is 12.0. The SMILES string of the molecule is NS(=O)(=O)CC1CCCCN1C(=O)OC1CCC1. The molecule has 1 aliphatic carbocycles. The van der Waals surface area contributed by atoms with Crippen LogP contribution in [-0.2, 0) is 14.8 Å². The predicted molar refractivity (Wildman–Crippen MR) is 66.4 cm³/mol. The van der Waals surface area contributed by atoms with Crippen LogP contribution in [0.3, 0.4) is 0 Å². The van der Waals surface area contributed by atoms with Gasteiger partial charge < -0.3 is 9.64 Å². The highest BCUT2D eigenvalue weighted by Crippen LogP contribution is 2.25. The van der Waals surface area contributed by atoms with Crippen LogP contribution in [0.1, 0.15) is 38.5 Å². The molecule has 2 N–H and O–H groups in total. The Morgan fingerprint density at radius 3 is 2.50 bits per heavy atom. The summed E-state index contributed by atoms with van der Waals surface area (Å²) in [7, 11) is -3.56. The molecule has 1 saturated carbocycles. The fraction of sp³-hybridized carbons (Fsp3) is 0.909. The zero-order valence-electron chi connectivity index (χ0n) is 10.4. The average molecular weight is 276 g/mol. The third-order valence-corrected chi connectivity index (χ3v) is 4.46. The smallest absolute Gasteiger partial charge is 0.410 e. The Labute approximate surface area is 108 Å². The maximum absolute atomic E-state index is 12.0. The molecule has 0 bridgehead atoms. The number of amides is 1. The topological polar surface area (TPSA) is 89.7 Å². The van der Waals surface area contributed by atoms with Gasteiger partial charge in [-0.2, -0.15) is 0 Å². The molecule has 2 rings (SSSR count). The quantitative estimate of drug-likeness (QED) is 0.826. The molecule has 1 aliphatic heterocycles. The maximum Gasteiger partial charge on any atom is 0.410 e. The van der Waals surface area contributed by atoms with E-state index in [0.29, 0.717) is 13.0 Å². The molecule has 6 nitrogen and oxygen atoms in total. The van der Waals surface area contributed by atoms with E-state index < -0.39 is 10.0 Å². The van der Waals surface area contributed by atoms with E-state index in [2.05, 4.69) is 0 Å². The van der Waals surface area contributed by atoms with Gasteiger partial charge in [0.05, 0.1) is 11.8 Å². The summed E-state index contributed by atoms with van der Waals surface area (Å²) in [5, 5.41) is 5.06. The van der Waals surface area contributed by atoms with Crippen LogP contribution in [0.4, 0.5) is 4.79 Å². The number of sulfonamides is 1. The first kappa shape index (κ1) is 13.6. The van der Waals surface area contributed by atoms with Crippen molar-refractivity contribution in [1.82, 2.24) is 4.90 Å². The molecule has 2 aliphatic rings. The van der Waals surface area contributed by atoms with Crippen LogP contribution in [0.5, 0.6) is 0 Å². The zero-order valence-corrected chi connectivity index (χ0v) is 11.2. The van der Waals surface area contributed by atoms with Crippen molar-refractivity contribution in [2.45, 2.75) is 50.7 Å². The number of nitrogens with zero attached hydrogens (tertiary/aromatic N) is 1. The van der Waals surface area contributed by atoms with Gasteiger partial charge in [-0.15, -0.1) is 0 Å². The molecule has 0 spiro atoms. The number of likely N-dealkylation sites (tertiary alicyclic amines) is 1. The molecule has 1 atom stereocenters. The normalized spacial score (nSPS) is 25.6. The standard InChI is InChI=1S/C11H20N2O4S/c12-18(15,16)8-9-4-1-2-7-13(9)11(14)17-10-5-3-6-10/h9-10H,1-8H2,(H2,12,15,16). The first-order valence-corrected chi connectivity index (χ1v) is 8.15. The van der Waals surface area contributed by atoms with Crippen molar-refractivity contribution in [3.63, 3.8) is 0 Å². The summed E-state index contributed by atoms with van der Waals surface area (Å²) in [5.74, 6) is -0.174. The van der Waals surface area contributed by atoms with E-state index in [1.54, 1.807) is 0 Å². The minimum atomic E-state index is -3.56. The Balaban J connectivity index is 1.95. The summed E-state index contributed by atoms with van der Waals surface area (Å²) in [4.78, 5) is 13.5. The lowest BCUT2D eigenvalue weighted by atomic mass is 9.96.